The van der Waals surface area contributed by atoms with Crippen molar-refractivity contribution in [2.45, 2.75) is 46.2 Å². The number of benzene rings is 1. The third-order valence-electron chi connectivity index (χ3n) is 3.70. The topological polar surface area (TPSA) is 46.3 Å². The molecule has 0 spiro atoms. The number of fused-ring (bicyclic) bond motifs is 1. The Kier molecular flexibility index (Phi) is 4.25. The molecule has 19 heavy (non-hydrogen) atoms. The molecule has 1 unspecified atom stereocenters. The first-order valence-corrected chi connectivity index (χ1v) is 7.12. The zero-order valence-corrected chi connectivity index (χ0v) is 12.1. The molecule has 3 heteroatoms. The molecule has 0 saturated carbocycles. The van der Waals surface area contributed by atoms with Crippen LogP contribution in [0.1, 0.15) is 49.9 Å². The lowest BCUT2D eigenvalue weighted by Crippen LogP contribution is -2.36. The van der Waals surface area contributed by atoms with Crippen molar-refractivity contribution < 1.29 is 4.79 Å². The van der Waals surface area contributed by atoms with E-state index in [0.29, 0.717) is 12.3 Å². The summed E-state index contributed by atoms with van der Waals surface area (Å²) in [7, 11) is 0. The second-order valence-corrected chi connectivity index (χ2v) is 5.98. The first kappa shape index (κ1) is 14.1. The number of rotatable bonds is 3. The first-order valence-electron chi connectivity index (χ1n) is 7.12. The molecule has 1 amide bonds. The van der Waals surface area contributed by atoms with Crippen LogP contribution in [0, 0.1) is 5.92 Å². The highest BCUT2D eigenvalue weighted by atomic mass is 16.2. The van der Waals surface area contributed by atoms with Gasteiger partial charge in [-0.3, -0.25) is 4.79 Å². The van der Waals surface area contributed by atoms with Gasteiger partial charge in [0.25, 0.3) is 0 Å². The molecule has 1 atom stereocenters. The van der Waals surface area contributed by atoms with Crippen molar-refractivity contribution in [1.29, 1.82) is 0 Å². The van der Waals surface area contributed by atoms with E-state index in [-0.39, 0.29) is 11.9 Å². The molecule has 0 radical (unpaired) electrons. The molecule has 0 bridgehead atoms. The zero-order valence-electron chi connectivity index (χ0n) is 12.1. The van der Waals surface area contributed by atoms with Crippen molar-refractivity contribution in [3.05, 3.63) is 34.9 Å². The highest BCUT2D eigenvalue weighted by molar-refractivity contribution is 5.76. The maximum absolute atomic E-state index is 12.1. The number of nitrogens with two attached hydrogens (primary N) is 1. The van der Waals surface area contributed by atoms with Crippen LogP contribution in [-0.2, 0) is 17.8 Å². The van der Waals surface area contributed by atoms with Gasteiger partial charge in [0, 0.05) is 25.6 Å². The highest BCUT2D eigenvalue weighted by Gasteiger charge is 2.21. The lowest BCUT2D eigenvalue weighted by Gasteiger charge is -2.30. The molecule has 3 nitrogen and oxygen atoms in total. The molecule has 2 rings (SSSR count). The molecule has 104 valence electrons. The zero-order chi connectivity index (χ0) is 14.0. The summed E-state index contributed by atoms with van der Waals surface area (Å²) < 4.78 is 0. The van der Waals surface area contributed by atoms with Gasteiger partial charge in [0.2, 0.25) is 5.91 Å². The SMILES string of the molecule is CC(C)CC(=O)N1CCc2ccc(C(C)N)cc2C1. The van der Waals surface area contributed by atoms with Crippen LogP contribution < -0.4 is 5.73 Å². The van der Waals surface area contributed by atoms with Crippen LogP contribution in [0.2, 0.25) is 0 Å². The van der Waals surface area contributed by atoms with E-state index in [0.717, 1.165) is 25.1 Å². The van der Waals surface area contributed by atoms with Crippen LogP contribution in [0.5, 0.6) is 0 Å². The molecular formula is C16H24N2O. The Hall–Kier alpha value is -1.35. The summed E-state index contributed by atoms with van der Waals surface area (Å²) >= 11 is 0. The van der Waals surface area contributed by atoms with Gasteiger partial charge in [0.1, 0.15) is 0 Å². The lowest BCUT2D eigenvalue weighted by molar-refractivity contribution is -0.132. The number of nitrogens with zero attached hydrogens (tertiary/aromatic N) is 1. The van der Waals surface area contributed by atoms with Gasteiger partial charge >= 0.3 is 0 Å². The average Bonchev–Trinajstić information content (AvgIpc) is 2.36. The van der Waals surface area contributed by atoms with E-state index in [1.807, 2.05) is 11.8 Å². The van der Waals surface area contributed by atoms with Gasteiger partial charge in [0.05, 0.1) is 0 Å². The monoisotopic (exact) mass is 260 g/mol. The van der Waals surface area contributed by atoms with E-state index in [4.69, 9.17) is 5.73 Å². The predicted octanol–water partition coefficient (Wildman–Crippen LogP) is 2.64. The van der Waals surface area contributed by atoms with Crippen LogP contribution in [-0.4, -0.2) is 17.4 Å². The highest BCUT2D eigenvalue weighted by Crippen LogP contribution is 2.23. The smallest absolute Gasteiger partial charge is 0.223 e. The Morgan fingerprint density at radius 2 is 2.05 bits per heavy atom. The van der Waals surface area contributed by atoms with Gasteiger partial charge in [-0.15, -0.1) is 0 Å². The van der Waals surface area contributed by atoms with Gasteiger partial charge in [-0.25, -0.2) is 0 Å². The van der Waals surface area contributed by atoms with E-state index in [1.165, 1.54) is 11.1 Å². The first-order chi connectivity index (χ1) is 8.97. The maximum Gasteiger partial charge on any atom is 0.223 e. The molecule has 2 N–H and O–H groups in total. The number of carbonyl (C=O) groups is 1. The largest absolute Gasteiger partial charge is 0.338 e. The van der Waals surface area contributed by atoms with Gasteiger partial charge < -0.3 is 10.6 Å². The standard InChI is InChI=1S/C16H24N2O/c1-11(2)8-16(19)18-7-6-13-4-5-14(12(3)17)9-15(13)10-18/h4-5,9,11-12H,6-8,10,17H2,1-3H3. The molecule has 0 fully saturated rings. The van der Waals surface area contributed by atoms with Crippen LogP contribution in [0.25, 0.3) is 0 Å². The van der Waals surface area contributed by atoms with Crippen LogP contribution in [0.3, 0.4) is 0 Å². The van der Waals surface area contributed by atoms with Crippen molar-refractivity contribution >= 4 is 5.91 Å². The fourth-order valence-corrected chi connectivity index (χ4v) is 2.55. The summed E-state index contributed by atoms with van der Waals surface area (Å²) in [6.45, 7) is 7.75. The molecule has 0 aromatic heterocycles. The fraction of sp³-hybridized carbons (Fsp3) is 0.562. The quantitative estimate of drug-likeness (QED) is 0.908. The third kappa shape index (κ3) is 3.35. The minimum Gasteiger partial charge on any atom is -0.338 e. The summed E-state index contributed by atoms with van der Waals surface area (Å²) in [4.78, 5) is 14.1. The van der Waals surface area contributed by atoms with E-state index in [1.54, 1.807) is 0 Å². The van der Waals surface area contributed by atoms with Crippen LogP contribution in [0.15, 0.2) is 18.2 Å². The minimum absolute atomic E-state index is 0.0482. The maximum atomic E-state index is 12.1. The van der Waals surface area contributed by atoms with E-state index in [9.17, 15) is 4.79 Å². The predicted molar refractivity (Wildman–Crippen MR) is 77.6 cm³/mol. The number of carbonyl (C=O) groups excluding carboxylic acids is 1. The summed E-state index contributed by atoms with van der Waals surface area (Å²) in [5.74, 6) is 0.691. The van der Waals surface area contributed by atoms with E-state index >= 15 is 0 Å². The van der Waals surface area contributed by atoms with Gasteiger partial charge in [0.15, 0.2) is 0 Å². The molecule has 0 saturated heterocycles. The number of hydrogen-bond donors (Lipinski definition) is 1. The molecule has 1 aliphatic rings. The minimum atomic E-state index is 0.0482. The second kappa shape index (κ2) is 5.74. The molecular weight excluding hydrogens is 236 g/mol. The van der Waals surface area contributed by atoms with Gasteiger partial charge in [-0.2, -0.15) is 0 Å². The molecule has 0 aliphatic carbocycles. The Balaban J connectivity index is 2.13. The third-order valence-corrected chi connectivity index (χ3v) is 3.70. The van der Waals surface area contributed by atoms with Crippen molar-refractivity contribution in [3.8, 4) is 0 Å². The Labute approximate surface area is 115 Å². The van der Waals surface area contributed by atoms with E-state index in [2.05, 4.69) is 32.0 Å². The van der Waals surface area contributed by atoms with Gasteiger partial charge in [-0.05, 0) is 36.0 Å². The lowest BCUT2D eigenvalue weighted by atomic mass is 9.95. The molecule has 1 aromatic rings. The summed E-state index contributed by atoms with van der Waals surface area (Å²) in [5.41, 5.74) is 9.70. The summed E-state index contributed by atoms with van der Waals surface area (Å²) in [6, 6.07) is 6.48. The Bertz CT molecular complexity index is 466. The fourth-order valence-electron chi connectivity index (χ4n) is 2.55. The van der Waals surface area contributed by atoms with Crippen molar-refractivity contribution in [1.82, 2.24) is 4.90 Å². The van der Waals surface area contributed by atoms with E-state index < -0.39 is 0 Å². The Morgan fingerprint density at radius 3 is 2.68 bits per heavy atom. The van der Waals surface area contributed by atoms with Crippen LogP contribution >= 0.6 is 0 Å². The van der Waals surface area contributed by atoms with Crippen LogP contribution in [0.4, 0.5) is 0 Å². The second-order valence-electron chi connectivity index (χ2n) is 5.98. The van der Waals surface area contributed by atoms with Crippen molar-refractivity contribution in [2.24, 2.45) is 11.7 Å². The normalized spacial score (nSPS) is 16.4. The van der Waals surface area contributed by atoms with Crippen molar-refractivity contribution in [2.75, 3.05) is 6.54 Å². The Morgan fingerprint density at radius 1 is 1.32 bits per heavy atom. The van der Waals surface area contributed by atoms with Crippen molar-refractivity contribution in [3.63, 3.8) is 0 Å². The number of hydrogen-bond acceptors (Lipinski definition) is 2. The van der Waals surface area contributed by atoms with Gasteiger partial charge in [-0.1, -0.05) is 32.0 Å². The summed E-state index contributed by atoms with van der Waals surface area (Å²) in [5, 5.41) is 0. The molecule has 1 aromatic carbocycles. The number of amides is 1. The molecule has 1 aliphatic heterocycles. The molecule has 1 heterocycles. The average molecular weight is 260 g/mol. The summed E-state index contributed by atoms with van der Waals surface area (Å²) in [6.07, 6.45) is 1.60.